The zero-order valence-corrected chi connectivity index (χ0v) is 14.4. The fourth-order valence-electron chi connectivity index (χ4n) is 3.91. The molecule has 2 aromatic rings. The standard InChI is InChI=1S/C18H21F3N2O2/c1-10-6-11(9-17(2,3)8-10)15(24)23-16-22-13-5-4-12(18(19,20)21)7-14(13)25-16/h4-5,7,10-11H,6,8-9H2,1-3H3,(H,22,23,24). The number of carbonyl (C=O) groups is 1. The van der Waals surface area contributed by atoms with Gasteiger partial charge in [0, 0.05) is 5.92 Å². The van der Waals surface area contributed by atoms with Crippen LogP contribution in [0.25, 0.3) is 11.1 Å². The van der Waals surface area contributed by atoms with Crippen LogP contribution in [0.5, 0.6) is 0 Å². The molecule has 0 saturated heterocycles. The number of anilines is 1. The molecule has 7 heteroatoms. The van der Waals surface area contributed by atoms with Gasteiger partial charge in [-0.05, 0) is 48.8 Å². The number of alkyl halides is 3. The third kappa shape index (κ3) is 3.96. The molecule has 1 aromatic carbocycles. The third-order valence-corrected chi connectivity index (χ3v) is 4.70. The van der Waals surface area contributed by atoms with Crippen molar-refractivity contribution in [3.63, 3.8) is 0 Å². The summed E-state index contributed by atoms with van der Waals surface area (Å²) in [5, 5.41) is 2.62. The molecule has 136 valence electrons. The summed E-state index contributed by atoms with van der Waals surface area (Å²) >= 11 is 0. The molecule has 0 aliphatic heterocycles. The summed E-state index contributed by atoms with van der Waals surface area (Å²) in [7, 11) is 0. The van der Waals surface area contributed by atoms with E-state index in [0.29, 0.717) is 5.92 Å². The van der Waals surface area contributed by atoms with E-state index in [-0.39, 0.29) is 34.4 Å². The maximum absolute atomic E-state index is 12.8. The molecule has 1 fully saturated rings. The summed E-state index contributed by atoms with van der Waals surface area (Å²) in [6.07, 6.45) is -1.83. The lowest BCUT2D eigenvalue weighted by atomic mass is 9.68. The Morgan fingerprint density at radius 1 is 1.32 bits per heavy atom. The first-order valence-corrected chi connectivity index (χ1v) is 8.32. The number of benzene rings is 1. The zero-order chi connectivity index (χ0) is 18.4. The molecule has 0 bridgehead atoms. The summed E-state index contributed by atoms with van der Waals surface area (Å²) in [6.45, 7) is 6.40. The summed E-state index contributed by atoms with van der Waals surface area (Å²) in [6, 6.07) is 3.02. The lowest BCUT2D eigenvalue weighted by Gasteiger charge is -2.38. The molecule has 2 unspecified atom stereocenters. The predicted octanol–water partition coefficient (Wildman–Crippen LogP) is 5.25. The number of hydrogen-bond acceptors (Lipinski definition) is 3. The topological polar surface area (TPSA) is 55.1 Å². The Balaban J connectivity index is 1.77. The van der Waals surface area contributed by atoms with Gasteiger partial charge in [0.05, 0.1) is 5.56 Å². The van der Waals surface area contributed by atoms with Crippen molar-refractivity contribution in [2.24, 2.45) is 17.3 Å². The molecule has 1 amide bonds. The molecular formula is C18H21F3N2O2. The highest BCUT2D eigenvalue weighted by atomic mass is 19.4. The second kappa shape index (κ2) is 6.04. The normalized spacial score (nSPS) is 23.6. The van der Waals surface area contributed by atoms with E-state index in [1.54, 1.807) is 0 Å². The van der Waals surface area contributed by atoms with Crippen molar-refractivity contribution in [2.75, 3.05) is 5.32 Å². The number of aromatic nitrogens is 1. The number of oxazole rings is 1. The molecule has 1 N–H and O–H groups in total. The van der Waals surface area contributed by atoms with Gasteiger partial charge >= 0.3 is 12.2 Å². The van der Waals surface area contributed by atoms with Gasteiger partial charge in [-0.3, -0.25) is 10.1 Å². The van der Waals surface area contributed by atoms with Gasteiger partial charge in [-0.2, -0.15) is 18.2 Å². The van der Waals surface area contributed by atoms with Crippen LogP contribution in [0, 0.1) is 17.3 Å². The molecule has 25 heavy (non-hydrogen) atoms. The monoisotopic (exact) mass is 354 g/mol. The first-order valence-electron chi connectivity index (χ1n) is 8.32. The van der Waals surface area contributed by atoms with E-state index in [4.69, 9.17) is 4.42 Å². The average Bonchev–Trinajstić information content (AvgIpc) is 2.85. The highest BCUT2D eigenvalue weighted by Crippen LogP contribution is 2.42. The van der Waals surface area contributed by atoms with Crippen LogP contribution in [0.4, 0.5) is 19.2 Å². The summed E-state index contributed by atoms with van der Waals surface area (Å²) in [4.78, 5) is 16.6. The summed E-state index contributed by atoms with van der Waals surface area (Å²) in [5.41, 5.74) is -0.442. The van der Waals surface area contributed by atoms with Crippen LogP contribution in [0.2, 0.25) is 0 Å². The number of amides is 1. The van der Waals surface area contributed by atoms with Crippen LogP contribution in [-0.4, -0.2) is 10.9 Å². The molecule has 3 rings (SSSR count). The first-order chi connectivity index (χ1) is 11.5. The van der Waals surface area contributed by atoms with Gasteiger partial charge in [0.1, 0.15) is 5.52 Å². The minimum absolute atomic E-state index is 0.00228. The molecule has 0 radical (unpaired) electrons. The van der Waals surface area contributed by atoms with Gasteiger partial charge < -0.3 is 4.42 Å². The fraction of sp³-hybridized carbons (Fsp3) is 0.556. The van der Waals surface area contributed by atoms with Crippen molar-refractivity contribution >= 4 is 23.0 Å². The number of nitrogens with zero attached hydrogens (tertiary/aromatic N) is 1. The molecular weight excluding hydrogens is 333 g/mol. The molecule has 2 atom stereocenters. The number of carbonyl (C=O) groups excluding carboxylic acids is 1. The van der Waals surface area contributed by atoms with E-state index in [1.165, 1.54) is 6.07 Å². The van der Waals surface area contributed by atoms with Crippen molar-refractivity contribution in [1.82, 2.24) is 4.98 Å². The molecule has 0 spiro atoms. The quantitative estimate of drug-likeness (QED) is 0.801. The van der Waals surface area contributed by atoms with Crippen LogP contribution in [0.3, 0.4) is 0 Å². The number of nitrogens with one attached hydrogen (secondary N) is 1. The number of fused-ring (bicyclic) bond motifs is 1. The van der Waals surface area contributed by atoms with E-state index < -0.39 is 11.7 Å². The van der Waals surface area contributed by atoms with E-state index in [9.17, 15) is 18.0 Å². The van der Waals surface area contributed by atoms with Crippen molar-refractivity contribution in [1.29, 1.82) is 0 Å². The van der Waals surface area contributed by atoms with Crippen LogP contribution < -0.4 is 5.32 Å². The van der Waals surface area contributed by atoms with Gasteiger partial charge in [-0.25, -0.2) is 0 Å². The van der Waals surface area contributed by atoms with E-state index in [2.05, 4.69) is 31.1 Å². The highest BCUT2D eigenvalue weighted by Gasteiger charge is 2.36. The van der Waals surface area contributed by atoms with Crippen LogP contribution in [-0.2, 0) is 11.0 Å². The Morgan fingerprint density at radius 2 is 2.04 bits per heavy atom. The number of hydrogen-bond donors (Lipinski definition) is 1. The molecule has 1 aliphatic rings. The lowest BCUT2D eigenvalue weighted by Crippen LogP contribution is -2.34. The second-order valence-corrected chi connectivity index (χ2v) is 7.80. The van der Waals surface area contributed by atoms with Crippen LogP contribution >= 0.6 is 0 Å². The molecule has 1 aromatic heterocycles. The molecule has 4 nitrogen and oxygen atoms in total. The predicted molar refractivity (Wildman–Crippen MR) is 87.9 cm³/mol. The molecule has 1 heterocycles. The van der Waals surface area contributed by atoms with Gasteiger partial charge in [0.25, 0.3) is 0 Å². The minimum atomic E-state index is -4.45. The number of halogens is 3. The molecule has 1 aliphatic carbocycles. The van der Waals surface area contributed by atoms with Crippen LogP contribution in [0.1, 0.15) is 45.6 Å². The lowest BCUT2D eigenvalue weighted by molar-refractivity contribution is -0.137. The highest BCUT2D eigenvalue weighted by molar-refractivity contribution is 5.92. The van der Waals surface area contributed by atoms with Crippen molar-refractivity contribution in [3.05, 3.63) is 23.8 Å². The van der Waals surface area contributed by atoms with Gasteiger partial charge in [0.2, 0.25) is 5.91 Å². The Morgan fingerprint density at radius 3 is 2.68 bits per heavy atom. The Bertz CT molecular complexity index is 795. The summed E-state index contributed by atoms with van der Waals surface area (Å²) < 4.78 is 43.6. The van der Waals surface area contributed by atoms with Crippen LogP contribution in [0.15, 0.2) is 22.6 Å². The number of rotatable bonds is 2. The van der Waals surface area contributed by atoms with Gasteiger partial charge in [0.15, 0.2) is 5.58 Å². The summed E-state index contributed by atoms with van der Waals surface area (Å²) in [5.74, 6) is 0.0965. The van der Waals surface area contributed by atoms with E-state index in [0.717, 1.165) is 31.4 Å². The van der Waals surface area contributed by atoms with Gasteiger partial charge in [-0.15, -0.1) is 0 Å². The molecule has 1 saturated carbocycles. The smallest absolute Gasteiger partial charge is 0.416 e. The Hall–Kier alpha value is -2.05. The Kier molecular flexibility index (Phi) is 4.29. The maximum Gasteiger partial charge on any atom is 0.416 e. The van der Waals surface area contributed by atoms with Crippen molar-refractivity contribution in [2.45, 2.75) is 46.2 Å². The van der Waals surface area contributed by atoms with E-state index in [1.807, 2.05) is 0 Å². The SMILES string of the molecule is CC1CC(C(=O)Nc2nc3ccc(C(F)(F)F)cc3o2)CC(C)(C)C1. The minimum Gasteiger partial charge on any atom is -0.423 e. The van der Waals surface area contributed by atoms with Crippen molar-refractivity contribution < 1.29 is 22.4 Å². The zero-order valence-electron chi connectivity index (χ0n) is 14.4. The fourth-order valence-corrected chi connectivity index (χ4v) is 3.91. The largest absolute Gasteiger partial charge is 0.423 e. The van der Waals surface area contributed by atoms with E-state index >= 15 is 0 Å². The average molecular weight is 354 g/mol. The third-order valence-electron chi connectivity index (χ3n) is 4.70. The first kappa shape index (κ1) is 17.8. The second-order valence-electron chi connectivity index (χ2n) is 7.80. The maximum atomic E-state index is 12.8. The van der Waals surface area contributed by atoms with Gasteiger partial charge in [-0.1, -0.05) is 20.8 Å². The van der Waals surface area contributed by atoms with Crippen molar-refractivity contribution in [3.8, 4) is 0 Å². The Labute approximate surface area is 143 Å².